The number of para-hydroxylation sites is 2. The van der Waals surface area contributed by atoms with Crippen LogP contribution in [0.25, 0.3) is 0 Å². The van der Waals surface area contributed by atoms with Gasteiger partial charge in [-0.2, -0.15) is 0 Å². The topological polar surface area (TPSA) is 81.2 Å². The Kier molecular flexibility index (Phi) is 11.6. The minimum Gasteiger partial charge on any atom is -0.312 e. The van der Waals surface area contributed by atoms with Gasteiger partial charge < -0.3 is 19.6 Å². The molecule has 0 aliphatic carbocycles. The standard InChI is InChI=1S/C46H58N4O4/c1-5-9-13-19-27-47-35-23-17-15-21-31(35)39(43(47)51)41-33-29-38-34(30-37(33)49(45(41)53)25-11-7-3)42(46(54)50(38)26-12-8-4)40-32-22-16-18-24-36(32)48(44(40)52)28-20-14-10-6-2/h15-18,21-24,29-30,39-42H,5-14,19-20,25-28H2,1-4H3. The van der Waals surface area contributed by atoms with E-state index in [1.54, 1.807) is 0 Å². The van der Waals surface area contributed by atoms with Crippen molar-refractivity contribution >= 4 is 46.4 Å². The van der Waals surface area contributed by atoms with E-state index in [9.17, 15) is 19.2 Å². The van der Waals surface area contributed by atoms with Gasteiger partial charge in [-0.3, -0.25) is 19.2 Å². The average molecular weight is 731 g/mol. The molecule has 4 aliphatic heterocycles. The molecule has 54 heavy (non-hydrogen) atoms. The van der Waals surface area contributed by atoms with E-state index in [4.69, 9.17) is 0 Å². The Labute approximate surface area is 321 Å². The summed E-state index contributed by atoms with van der Waals surface area (Å²) < 4.78 is 0. The predicted octanol–water partition coefficient (Wildman–Crippen LogP) is 9.57. The van der Waals surface area contributed by atoms with Gasteiger partial charge in [-0.05, 0) is 72.2 Å². The fourth-order valence-corrected chi connectivity index (χ4v) is 9.48. The van der Waals surface area contributed by atoms with E-state index in [1.165, 1.54) is 0 Å². The summed E-state index contributed by atoms with van der Waals surface area (Å²) in [5, 5.41) is 0. The lowest BCUT2D eigenvalue weighted by Gasteiger charge is -2.22. The first-order chi connectivity index (χ1) is 26.4. The Hall–Kier alpha value is -4.46. The van der Waals surface area contributed by atoms with Crippen LogP contribution in [0.5, 0.6) is 0 Å². The molecule has 0 spiro atoms. The van der Waals surface area contributed by atoms with Crippen molar-refractivity contribution in [3.05, 3.63) is 82.9 Å². The van der Waals surface area contributed by atoms with Crippen molar-refractivity contribution in [1.29, 1.82) is 0 Å². The van der Waals surface area contributed by atoms with Gasteiger partial charge in [-0.15, -0.1) is 0 Å². The molecule has 0 radical (unpaired) electrons. The monoisotopic (exact) mass is 730 g/mol. The van der Waals surface area contributed by atoms with E-state index in [0.717, 1.165) is 122 Å². The number of fused-ring (bicyclic) bond motifs is 4. The van der Waals surface area contributed by atoms with Gasteiger partial charge in [0.05, 0.1) is 23.7 Å². The van der Waals surface area contributed by atoms with Crippen molar-refractivity contribution in [2.75, 3.05) is 45.8 Å². The van der Waals surface area contributed by atoms with Crippen LogP contribution in [0.3, 0.4) is 0 Å². The Bertz CT molecular complexity index is 1750. The number of hydrogen-bond acceptors (Lipinski definition) is 4. The van der Waals surface area contributed by atoms with E-state index in [1.807, 2.05) is 68.1 Å². The molecule has 0 saturated carbocycles. The van der Waals surface area contributed by atoms with Crippen molar-refractivity contribution in [2.24, 2.45) is 0 Å². The van der Waals surface area contributed by atoms with Gasteiger partial charge in [0, 0.05) is 48.9 Å². The maximum absolute atomic E-state index is 14.8. The summed E-state index contributed by atoms with van der Waals surface area (Å²) in [6.45, 7) is 11.0. The highest BCUT2D eigenvalue weighted by Gasteiger charge is 2.54. The molecule has 8 heteroatoms. The third kappa shape index (κ3) is 6.53. The van der Waals surface area contributed by atoms with Gasteiger partial charge in [-0.1, -0.05) is 115 Å². The van der Waals surface area contributed by atoms with Crippen molar-refractivity contribution in [3.63, 3.8) is 0 Å². The van der Waals surface area contributed by atoms with Crippen LogP contribution < -0.4 is 19.6 Å². The zero-order chi connectivity index (χ0) is 37.9. The molecule has 4 amide bonds. The molecule has 4 aliphatic rings. The molecular formula is C46H58N4O4. The number of amides is 4. The molecule has 4 atom stereocenters. The number of rotatable bonds is 18. The molecule has 0 saturated heterocycles. The highest BCUT2D eigenvalue weighted by Crippen LogP contribution is 2.57. The van der Waals surface area contributed by atoms with Gasteiger partial charge in [0.1, 0.15) is 0 Å². The lowest BCUT2D eigenvalue weighted by Crippen LogP contribution is -2.37. The smallest absolute Gasteiger partial charge is 0.235 e. The first-order valence-corrected chi connectivity index (χ1v) is 21.0. The van der Waals surface area contributed by atoms with Crippen LogP contribution in [0.4, 0.5) is 22.7 Å². The molecule has 3 aromatic carbocycles. The summed E-state index contributed by atoms with van der Waals surface area (Å²) in [7, 11) is 0. The van der Waals surface area contributed by atoms with Crippen molar-refractivity contribution in [3.8, 4) is 0 Å². The number of carbonyl (C=O) groups is 4. The summed E-state index contributed by atoms with van der Waals surface area (Å²) >= 11 is 0. The van der Waals surface area contributed by atoms with Crippen LogP contribution in [0.1, 0.15) is 151 Å². The lowest BCUT2D eigenvalue weighted by molar-refractivity contribution is -0.125. The van der Waals surface area contributed by atoms with Crippen molar-refractivity contribution in [1.82, 2.24) is 0 Å². The van der Waals surface area contributed by atoms with Gasteiger partial charge in [0.15, 0.2) is 0 Å². The fourth-order valence-electron chi connectivity index (χ4n) is 9.48. The van der Waals surface area contributed by atoms with Gasteiger partial charge in [0.2, 0.25) is 23.6 Å². The zero-order valence-corrected chi connectivity index (χ0v) is 32.8. The van der Waals surface area contributed by atoms with Gasteiger partial charge >= 0.3 is 0 Å². The van der Waals surface area contributed by atoms with E-state index >= 15 is 0 Å². The van der Waals surface area contributed by atoms with E-state index in [0.29, 0.717) is 26.2 Å². The maximum atomic E-state index is 14.8. The van der Waals surface area contributed by atoms with Gasteiger partial charge in [-0.25, -0.2) is 0 Å². The fraction of sp³-hybridized carbons (Fsp3) is 0.522. The largest absolute Gasteiger partial charge is 0.312 e. The molecule has 4 unspecified atom stereocenters. The van der Waals surface area contributed by atoms with Gasteiger partial charge in [0.25, 0.3) is 0 Å². The highest BCUT2D eigenvalue weighted by atomic mass is 16.2. The molecule has 3 aromatic rings. The summed E-state index contributed by atoms with van der Waals surface area (Å²) in [5.41, 5.74) is 6.84. The molecule has 0 bridgehead atoms. The summed E-state index contributed by atoms with van der Waals surface area (Å²) in [6, 6.07) is 20.1. The maximum Gasteiger partial charge on any atom is 0.235 e. The first-order valence-electron chi connectivity index (χ1n) is 21.0. The minimum atomic E-state index is -0.689. The number of anilines is 4. The number of nitrogens with zero attached hydrogens (tertiary/aromatic N) is 4. The van der Waals surface area contributed by atoms with Crippen LogP contribution in [0, 0.1) is 0 Å². The van der Waals surface area contributed by atoms with Crippen LogP contribution in [0.2, 0.25) is 0 Å². The molecule has 8 nitrogen and oxygen atoms in total. The first kappa shape index (κ1) is 37.8. The van der Waals surface area contributed by atoms with Crippen LogP contribution >= 0.6 is 0 Å². The predicted molar refractivity (Wildman–Crippen MR) is 218 cm³/mol. The molecule has 7 rings (SSSR count). The summed E-state index contributed by atoms with van der Waals surface area (Å²) in [4.78, 5) is 66.3. The second kappa shape index (κ2) is 16.5. The van der Waals surface area contributed by atoms with Crippen molar-refractivity contribution < 1.29 is 19.2 Å². The Morgan fingerprint density at radius 3 is 1.06 bits per heavy atom. The Morgan fingerprint density at radius 1 is 0.370 bits per heavy atom. The second-order valence-electron chi connectivity index (χ2n) is 15.8. The normalized spacial score (nSPS) is 21.4. The van der Waals surface area contributed by atoms with Crippen LogP contribution in [0.15, 0.2) is 60.7 Å². The Balaban J connectivity index is 1.32. The van der Waals surface area contributed by atoms with Crippen molar-refractivity contribution in [2.45, 2.75) is 128 Å². The SMILES string of the molecule is CCCCCCN1C(=O)C(C2C(=O)N(CCCC)c3cc4c(cc32)N(CCCC)C(=O)C4C2C(=O)N(CCCCCC)c3ccccc32)c2ccccc21. The highest BCUT2D eigenvalue weighted by molar-refractivity contribution is 6.17. The number of unbranched alkanes of at least 4 members (excludes halogenated alkanes) is 8. The molecule has 0 N–H and O–H groups in total. The molecule has 0 aromatic heterocycles. The van der Waals surface area contributed by atoms with Crippen LogP contribution in [-0.4, -0.2) is 49.8 Å². The number of benzene rings is 3. The third-order valence-electron chi connectivity index (χ3n) is 12.3. The quantitative estimate of drug-likeness (QED) is 0.122. The van der Waals surface area contributed by atoms with E-state index < -0.39 is 23.7 Å². The summed E-state index contributed by atoms with van der Waals surface area (Å²) in [5.74, 6) is -2.78. The molecule has 0 fully saturated rings. The Morgan fingerprint density at radius 2 is 0.685 bits per heavy atom. The second-order valence-corrected chi connectivity index (χ2v) is 15.8. The third-order valence-corrected chi connectivity index (χ3v) is 12.3. The van der Waals surface area contributed by atoms with E-state index in [-0.39, 0.29) is 23.6 Å². The summed E-state index contributed by atoms with van der Waals surface area (Å²) in [6.07, 6.45) is 11.9. The molecular weight excluding hydrogens is 673 g/mol. The molecule has 4 heterocycles. The molecule has 286 valence electrons. The number of hydrogen-bond donors (Lipinski definition) is 0. The van der Waals surface area contributed by atoms with E-state index in [2.05, 4.69) is 39.8 Å². The zero-order valence-electron chi connectivity index (χ0n) is 32.8. The number of carbonyl (C=O) groups excluding carboxylic acids is 4. The van der Waals surface area contributed by atoms with Crippen LogP contribution in [-0.2, 0) is 19.2 Å². The average Bonchev–Trinajstić information content (AvgIpc) is 3.81. The lowest BCUT2D eigenvalue weighted by atomic mass is 9.80. The minimum absolute atomic E-state index is 0.0150.